The molecule has 0 bridgehead atoms. The van der Waals surface area contributed by atoms with Crippen LogP contribution in [0.5, 0.6) is 0 Å². The van der Waals surface area contributed by atoms with E-state index >= 15 is 0 Å². The first-order valence-electron chi connectivity index (χ1n) is 7.22. The third-order valence-electron chi connectivity index (χ3n) is 3.63. The van der Waals surface area contributed by atoms with Crippen LogP contribution in [0.2, 0.25) is 0 Å². The molecule has 104 valence electrons. The first-order valence-corrected chi connectivity index (χ1v) is 8.01. The number of benzene rings is 2. The number of hydrogen-bond donors (Lipinski definition) is 0. The average molecular weight is 337 g/mol. The molecule has 0 saturated carbocycles. The van der Waals surface area contributed by atoms with Gasteiger partial charge in [0, 0.05) is 4.47 Å². The summed E-state index contributed by atoms with van der Waals surface area (Å²) in [6.07, 6.45) is 11.1. The molecule has 1 aliphatic rings. The van der Waals surface area contributed by atoms with E-state index < -0.39 is 0 Å². The number of allylic oxidation sites excluding steroid dienone is 5. The second kappa shape index (κ2) is 6.73. The Morgan fingerprint density at radius 2 is 1.71 bits per heavy atom. The van der Waals surface area contributed by atoms with E-state index in [1.807, 2.05) is 0 Å². The maximum Gasteiger partial charge on any atom is 0.0175 e. The fourth-order valence-electron chi connectivity index (χ4n) is 2.53. The molecule has 0 fully saturated rings. The maximum atomic E-state index is 3.49. The van der Waals surface area contributed by atoms with Gasteiger partial charge in [-0.05, 0) is 53.3 Å². The number of hydrogen-bond acceptors (Lipinski definition) is 0. The Morgan fingerprint density at radius 3 is 2.38 bits per heavy atom. The largest absolute Gasteiger partial charge is 0.0842 e. The van der Waals surface area contributed by atoms with Crippen molar-refractivity contribution in [3.8, 4) is 0 Å². The van der Waals surface area contributed by atoms with E-state index in [2.05, 4.69) is 94.8 Å². The molecule has 0 saturated heterocycles. The Balaban J connectivity index is 2.05. The molecule has 0 aliphatic heterocycles. The van der Waals surface area contributed by atoms with Gasteiger partial charge in [0.2, 0.25) is 0 Å². The van der Waals surface area contributed by atoms with Crippen molar-refractivity contribution in [2.75, 3.05) is 0 Å². The van der Waals surface area contributed by atoms with Gasteiger partial charge in [-0.25, -0.2) is 0 Å². The van der Waals surface area contributed by atoms with E-state index in [9.17, 15) is 0 Å². The van der Waals surface area contributed by atoms with Gasteiger partial charge in [-0.15, -0.1) is 0 Å². The summed E-state index contributed by atoms with van der Waals surface area (Å²) in [6, 6.07) is 19.1. The second-order valence-corrected chi connectivity index (χ2v) is 6.05. The summed E-state index contributed by atoms with van der Waals surface area (Å²) in [5.41, 5.74) is 5.24. The third-order valence-corrected chi connectivity index (χ3v) is 4.15. The fraction of sp³-hybridized carbons (Fsp3) is 0.100. The van der Waals surface area contributed by atoms with Crippen LogP contribution in [-0.2, 0) is 0 Å². The fourth-order valence-corrected chi connectivity index (χ4v) is 2.80. The Kier molecular flexibility index (Phi) is 4.52. The van der Waals surface area contributed by atoms with E-state index in [0.29, 0.717) is 0 Å². The molecule has 0 nitrogen and oxygen atoms in total. The van der Waals surface area contributed by atoms with Crippen molar-refractivity contribution in [3.63, 3.8) is 0 Å². The lowest BCUT2D eigenvalue weighted by Gasteiger charge is -2.14. The second-order valence-electron chi connectivity index (χ2n) is 5.13. The van der Waals surface area contributed by atoms with Crippen molar-refractivity contribution in [3.05, 3.63) is 94.0 Å². The Bertz CT molecular complexity index is 688. The summed E-state index contributed by atoms with van der Waals surface area (Å²) in [6.45, 7) is 0. The molecule has 21 heavy (non-hydrogen) atoms. The molecule has 0 atom stereocenters. The van der Waals surface area contributed by atoms with Gasteiger partial charge in [-0.2, -0.15) is 0 Å². The van der Waals surface area contributed by atoms with E-state index in [-0.39, 0.29) is 0 Å². The van der Waals surface area contributed by atoms with Crippen molar-refractivity contribution in [2.24, 2.45) is 0 Å². The van der Waals surface area contributed by atoms with Crippen LogP contribution in [0.1, 0.15) is 24.0 Å². The first kappa shape index (κ1) is 14.1. The third kappa shape index (κ3) is 3.62. The minimum Gasteiger partial charge on any atom is -0.0842 e. The topological polar surface area (TPSA) is 0 Å². The summed E-state index contributed by atoms with van der Waals surface area (Å²) in [5, 5.41) is 0. The van der Waals surface area contributed by atoms with Gasteiger partial charge in [0.15, 0.2) is 0 Å². The molecule has 0 N–H and O–H groups in total. The van der Waals surface area contributed by atoms with E-state index in [1.54, 1.807) is 0 Å². The molecule has 1 aliphatic carbocycles. The van der Waals surface area contributed by atoms with Crippen LogP contribution in [0.25, 0.3) is 11.6 Å². The highest BCUT2D eigenvalue weighted by Crippen LogP contribution is 2.30. The summed E-state index contributed by atoms with van der Waals surface area (Å²) in [7, 11) is 0. The summed E-state index contributed by atoms with van der Waals surface area (Å²) in [5.74, 6) is 0. The molecular formula is C20H17Br. The van der Waals surface area contributed by atoms with Crippen molar-refractivity contribution >= 4 is 27.6 Å². The molecule has 0 spiro atoms. The quantitative estimate of drug-likeness (QED) is 0.579. The van der Waals surface area contributed by atoms with Gasteiger partial charge in [0.05, 0.1) is 0 Å². The summed E-state index contributed by atoms with van der Waals surface area (Å²) in [4.78, 5) is 0. The lowest BCUT2D eigenvalue weighted by atomic mass is 9.90. The highest BCUT2D eigenvalue weighted by atomic mass is 79.9. The van der Waals surface area contributed by atoms with Crippen molar-refractivity contribution < 1.29 is 0 Å². The minimum atomic E-state index is 1.10. The zero-order chi connectivity index (χ0) is 14.5. The van der Waals surface area contributed by atoms with Crippen LogP contribution in [0.3, 0.4) is 0 Å². The minimum absolute atomic E-state index is 1.10. The highest BCUT2D eigenvalue weighted by molar-refractivity contribution is 9.10. The van der Waals surface area contributed by atoms with Gasteiger partial charge in [-0.3, -0.25) is 0 Å². The molecule has 0 heterocycles. The van der Waals surface area contributed by atoms with Gasteiger partial charge in [0.1, 0.15) is 0 Å². The van der Waals surface area contributed by atoms with Gasteiger partial charge < -0.3 is 0 Å². The zero-order valence-corrected chi connectivity index (χ0v) is 13.4. The molecule has 0 unspecified atom stereocenters. The van der Waals surface area contributed by atoms with E-state index in [1.165, 1.54) is 22.3 Å². The lowest BCUT2D eigenvalue weighted by Crippen LogP contribution is -1.93. The van der Waals surface area contributed by atoms with E-state index in [4.69, 9.17) is 0 Å². The highest BCUT2D eigenvalue weighted by Gasteiger charge is 2.09. The van der Waals surface area contributed by atoms with Gasteiger partial charge in [-0.1, -0.05) is 76.6 Å². The molecule has 0 amide bonds. The van der Waals surface area contributed by atoms with Crippen LogP contribution in [0.15, 0.2) is 82.9 Å². The predicted octanol–water partition coefficient (Wildman–Crippen LogP) is 6.27. The SMILES string of the molecule is Brc1ccc(/C=C(/C2=CC=CCC2)c2ccccc2)cc1. The predicted molar refractivity (Wildman–Crippen MR) is 94.9 cm³/mol. The molecule has 2 aromatic rings. The average Bonchev–Trinajstić information content (AvgIpc) is 2.56. The van der Waals surface area contributed by atoms with Crippen LogP contribution in [-0.4, -0.2) is 0 Å². The number of rotatable bonds is 3. The standard InChI is InChI=1S/C20H17Br/c21-19-13-11-16(12-14-19)15-20(17-7-3-1-4-8-17)18-9-5-2-6-10-18/h1-5,7-9,11-15H,6,10H2/b20-15+. The molecule has 0 radical (unpaired) electrons. The molecule has 0 aromatic heterocycles. The summed E-state index contributed by atoms with van der Waals surface area (Å²) < 4.78 is 1.11. The monoisotopic (exact) mass is 336 g/mol. The molecule has 1 heteroatoms. The zero-order valence-electron chi connectivity index (χ0n) is 11.8. The smallest absolute Gasteiger partial charge is 0.0175 e. The molecular weight excluding hydrogens is 320 g/mol. The normalized spacial score (nSPS) is 14.9. The van der Waals surface area contributed by atoms with Gasteiger partial charge >= 0.3 is 0 Å². The lowest BCUT2D eigenvalue weighted by molar-refractivity contribution is 0.997. The number of halogens is 1. The Morgan fingerprint density at radius 1 is 0.952 bits per heavy atom. The van der Waals surface area contributed by atoms with Crippen LogP contribution >= 0.6 is 15.9 Å². The molecule has 2 aromatic carbocycles. The van der Waals surface area contributed by atoms with Crippen molar-refractivity contribution in [2.45, 2.75) is 12.8 Å². The Hall–Kier alpha value is -1.86. The van der Waals surface area contributed by atoms with Crippen LogP contribution in [0, 0.1) is 0 Å². The first-order chi connectivity index (χ1) is 10.3. The Labute approximate surface area is 134 Å². The van der Waals surface area contributed by atoms with Crippen molar-refractivity contribution in [1.82, 2.24) is 0 Å². The maximum absolute atomic E-state index is 3.49. The van der Waals surface area contributed by atoms with E-state index in [0.717, 1.165) is 17.3 Å². The van der Waals surface area contributed by atoms with Crippen molar-refractivity contribution in [1.29, 1.82) is 0 Å². The molecule has 3 rings (SSSR count). The van der Waals surface area contributed by atoms with Crippen LogP contribution < -0.4 is 0 Å². The van der Waals surface area contributed by atoms with Crippen LogP contribution in [0.4, 0.5) is 0 Å². The summed E-state index contributed by atoms with van der Waals surface area (Å²) >= 11 is 3.49. The van der Waals surface area contributed by atoms with Gasteiger partial charge in [0.25, 0.3) is 0 Å².